The summed E-state index contributed by atoms with van der Waals surface area (Å²) in [6, 6.07) is 10.0. The van der Waals surface area contributed by atoms with Crippen LogP contribution in [0.2, 0.25) is 0 Å². The number of fused-ring (bicyclic) bond motifs is 2. The number of ether oxygens (including phenoxy) is 2. The minimum atomic E-state index is 0.535. The molecular formula is C23H26N6O3. The number of methoxy groups -OCH3 is 2. The van der Waals surface area contributed by atoms with E-state index in [1.54, 1.807) is 25.0 Å². The van der Waals surface area contributed by atoms with Crippen LogP contribution in [0.1, 0.15) is 16.7 Å². The van der Waals surface area contributed by atoms with Gasteiger partial charge in [0, 0.05) is 45.0 Å². The summed E-state index contributed by atoms with van der Waals surface area (Å²) in [6.07, 6.45) is 4.51. The zero-order valence-corrected chi connectivity index (χ0v) is 18.2. The number of anilines is 1. The van der Waals surface area contributed by atoms with E-state index < -0.39 is 0 Å². The van der Waals surface area contributed by atoms with Gasteiger partial charge in [-0.3, -0.25) is 4.90 Å². The summed E-state index contributed by atoms with van der Waals surface area (Å²) in [5.74, 6) is 2.68. The number of aromatic nitrogens is 4. The van der Waals surface area contributed by atoms with Crippen molar-refractivity contribution in [1.82, 2.24) is 24.5 Å². The summed E-state index contributed by atoms with van der Waals surface area (Å²) in [7, 11) is 3.37. The first kappa shape index (κ1) is 20.5. The van der Waals surface area contributed by atoms with Crippen LogP contribution in [-0.4, -0.2) is 58.4 Å². The first-order valence-corrected chi connectivity index (χ1v) is 10.6. The second-order valence-electron chi connectivity index (χ2n) is 7.77. The van der Waals surface area contributed by atoms with Crippen LogP contribution in [0.4, 0.5) is 5.95 Å². The van der Waals surface area contributed by atoms with Gasteiger partial charge in [0.15, 0.2) is 11.4 Å². The van der Waals surface area contributed by atoms with E-state index in [2.05, 4.69) is 32.4 Å². The molecule has 1 aliphatic rings. The van der Waals surface area contributed by atoms with Gasteiger partial charge in [-0.25, -0.2) is 9.97 Å². The summed E-state index contributed by atoms with van der Waals surface area (Å²) >= 11 is 0. The highest BCUT2D eigenvalue weighted by molar-refractivity contribution is 5.58. The van der Waals surface area contributed by atoms with Crippen molar-refractivity contribution in [2.45, 2.75) is 19.5 Å². The first-order chi connectivity index (χ1) is 15.7. The molecule has 0 atom stereocenters. The molecule has 5 rings (SSSR count). The van der Waals surface area contributed by atoms with Crippen LogP contribution in [0.5, 0.6) is 5.75 Å². The maximum absolute atomic E-state index is 5.52. The topological polar surface area (TPSA) is 90.0 Å². The molecule has 1 aliphatic heterocycles. The molecule has 0 spiro atoms. The number of hydrogen-bond donors (Lipinski definition) is 1. The van der Waals surface area contributed by atoms with Gasteiger partial charge in [0.25, 0.3) is 0 Å². The minimum absolute atomic E-state index is 0.535. The molecule has 4 heterocycles. The predicted octanol–water partition coefficient (Wildman–Crippen LogP) is 3.01. The Kier molecular flexibility index (Phi) is 5.74. The van der Waals surface area contributed by atoms with E-state index in [1.807, 2.05) is 24.4 Å². The molecule has 9 heteroatoms. The summed E-state index contributed by atoms with van der Waals surface area (Å²) in [5, 5.41) is 7.93. The summed E-state index contributed by atoms with van der Waals surface area (Å²) in [5.41, 5.74) is 4.46. The number of benzene rings is 1. The van der Waals surface area contributed by atoms with Crippen LogP contribution >= 0.6 is 0 Å². The van der Waals surface area contributed by atoms with Crippen molar-refractivity contribution in [2.24, 2.45) is 0 Å². The Bertz CT molecular complexity index is 1200. The highest BCUT2D eigenvalue weighted by Gasteiger charge is 2.21. The van der Waals surface area contributed by atoms with Gasteiger partial charge in [0.05, 0.1) is 20.0 Å². The Balaban J connectivity index is 1.45. The van der Waals surface area contributed by atoms with Crippen LogP contribution in [0, 0.1) is 0 Å². The average molecular weight is 435 g/mol. The minimum Gasteiger partial charge on any atom is -0.497 e. The first-order valence-electron chi connectivity index (χ1n) is 10.6. The Morgan fingerprint density at radius 1 is 1.19 bits per heavy atom. The van der Waals surface area contributed by atoms with Crippen molar-refractivity contribution in [3.05, 3.63) is 59.5 Å². The van der Waals surface area contributed by atoms with E-state index in [0.29, 0.717) is 30.7 Å². The van der Waals surface area contributed by atoms with Crippen LogP contribution in [-0.2, 0) is 24.2 Å². The normalized spacial score (nSPS) is 13.9. The quantitative estimate of drug-likeness (QED) is 0.423. The van der Waals surface area contributed by atoms with E-state index in [-0.39, 0.29) is 0 Å². The van der Waals surface area contributed by atoms with Gasteiger partial charge in [-0.1, -0.05) is 6.07 Å². The number of rotatable bonds is 8. The lowest BCUT2D eigenvalue weighted by Gasteiger charge is -2.29. The molecule has 0 saturated heterocycles. The molecule has 0 bridgehead atoms. The number of hydrogen-bond acceptors (Lipinski definition) is 8. The standard InChI is InChI=1S/C23H26N6O3/c1-30-11-8-24-23-25-13-18(22-26-21(27-29(22)23)20-4-3-10-32-20)15-28-9-7-16-5-6-19(31-2)12-17(16)14-28/h3-6,10,12-13H,7-9,11,14-15H2,1-2H3,(H,24,25). The molecule has 0 unspecified atom stereocenters. The second-order valence-corrected chi connectivity index (χ2v) is 7.77. The lowest BCUT2D eigenvalue weighted by Crippen LogP contribution is -2.30. The maximum Gasteiger partial charge on any atom is 0.225 e. The van der Waals surface area contributed by atoms with Crippen molar-refractivity contribution >= 4 is 11.6 Å². The molecule has 4 aromatic rings. The molecule has 0 amide bonds. The van der Waals surface area contributed by atoms with E-state index >= 15 is 0 Å². The van der Waals surface area contributed by atoms with Gasteiger partial charge >= 0.3 is 0 Å². The summed E-state index contributed by atoms with van der Waals surface area (Å²) < 4.78 is 17.8. The van der Waals surface area contributed by atoms with Crippen molar-refractivity contribution in [3.8, 4) is 17.3 Å². The molecule has 0 fully saturated rings. The second kappa shape index (κ2) is 8.97. The number of nitrogens with one attached hydrogen (secondary N) is 1. The molecule has 0 radical (unpaired) electrons. The van der Waals surface area contributed by atoms with Gasteiger partial charge < -0.3 is 19.2 Å². The lowest BCUT2D eigenvalue weighted by molar-refractivity contribution is 0.210. The van der Waals surface area contributed by atoms with E-state index in [4.69, 9.17) is 18.9 Å². The largest absolute Gasteiger partial charge is 0.497 e. The Labute approximate surface area is 186 Å². The van der Waals surface area contributed by atoms with Gasteiger partial charge in [-0.05, 0) is 41.8 Å². The van der Waals surface area contributed by atoms with Crippen molar-refractivity contribution in [1.29, 1.82) is 0 Å². The SMILES string of the molecule is COCCNc1ncc(CN2CCc3ccc(OC)cc3C2)c2nc(-c3ccco3)nn12. The van der Waals surface area contributed by atoms with Gasteiger partial charge in [-0.2, -0.15) is 4.52 Å². The monoisotopic (exact) mass is 434 g/mol. The predicted molar refractivity (Wildman–Crippen MR) is 120 cm³/mol. The average Bonchev–Trinajstić information content (AvgIpc) is 3.50. The highest BCUT2D eigenvalue weighted by Crippen LogP contribution is 2.26. The van der Waals surface area contributed by atoms with Crippen molar-refractivity contribution in [2.75, 3.05) is 39.2 Å². The van der Waals surface area contributed by atoms with Crippen LogP contribution < -0.4 is 10.1 Å². The maximum atomic E-state index is 5.52. The van der Waals surface area contributed by atoms with Gasteiger partial charge in [-0.15, -0.1) is 5.10 Å². The smallest absolute Gasteiger partial charge is 0.225 e. The molecule has 1 aromatic carbocycles. The zero-order chi connectivity index (χ0) is 21.9. The fourth-order valence-corrected chi connectivity index (χ4v) is 4.02. The third-order valence-corrected chi connectivity index (χ3v) is 5.67. The Morgan fingerprint density at radius 3 is 2.94 bits per heavy atom. The molecule has 1 N–H and O–H groups in total. The molecule has 9 nitrogen and oxygen atoms in total. The molecule has 0 aliphatic carbocycles. The Morgan fingerprint density at radius 2 is 2.12 bits per heavy atom. The molecule has 0 saturated carbocycles. The van der Waals surface area contributed by atoms with E-state index in [0.717, 1.165) is 43.0 Å². The molecular weight excluding hydrogens is 408 g/mol. The van der Waals surface area contributed by atoms with E-state index in [9.17, 15) is 0 Å². The fourth-order valence-electron chi connectivity index (χ4n) is 4.02. The van der Waals surface area contributed by atoms with Crippen LogP contribution in [0.15, 0.2) is 47.2 Å². The lowest BCUT2D eigenvalue weighted by atomic mass is 9.99. The summed E-state index contributed by atoms with van der Waals surface area (Å²) in [6.45, 7) is 3.74. The van der Waals surface area contributed by atoms with Crippen molar-refractivity contribution in [3.63, 3.8) is 0 Å². The van der Waals surface area contributed by atoms with Crippen LogP contribution in [0.3, 0.4) is 0 Å². The Hall–Kier alpha value is -3.43. The fraction of sp³-hybridized carbons (Fsp3) is 0.348. The van der Waals surface area contributed by atoms with Crippen LogP contribution in [0.25, 0.3) is 17.2 Å². The third-order valence-electron chi connectivity index (χ3n) is 5.67. The molecule has 166 valence electrons. The summed E-state index contributed by atoms with van der Waals surface area (Å²) in [4.78, 5) is 11.8. The number of furan rings is 1. The van der Waals surface area contributed by atoms with E-state index in [1.165, 1.54) is 11.1 Å². The van der Waals surface area contributed by atoms with Gasteiger partial charge in [0.1, 0.15) is 5.75 Å². The zero-order valence-electron chi connectivity index (χ0n) is 18.2. The molecule has 3 aromatic heterocycles. The molecule has 32 heavy (non-hydrogen) atoms. The van der Waals surface area contributed by atoms with Crippen molar-refractivity contribution < 1.29 is 13.9 Å². The number of nitrogens with zero attached hydrogens (tertiary/aromatic N) is 5. The highest BCUT2D eigenvalue weighted by atomic mass is 16.5. The third kappa shape index (κ3) is 4.04. The van der Waals surface area contributed by atoms with Gasteiger partial charge in [0.2, 0.25) is 11.8 Å².